The molecule has 1 heterocycles. The third-order valence-corrected chi connectivity index (χ3v) is 3.67. The van der Waals surface area contributed by atoms with Gasteiger partial charge in [0.25, 0.3) is 0 Å². The molecule has 2 N–H and O–H groups in total. The summed E-state index contributed by atoms with van der Waals surface area (Å²) in [5.74, 6) is 0. The molecule has 0 aliphatic rings. The van der Waals surface area contributed by atoms with Gasteiger partial charge in [0.05, 0.1) is 5.52 Å². The van der Waals surface area contributed by atoms with E-state index in [1.165, 1.54) is 16.5 Å². The third kappa shape index (κ3) is 3.56. The number of fused-ring (bicyclic) bond motifs is 1. The molecule has 1 aromatic heterocycles. The van der Waals surface area contributed by atoms with Crippen LogP contribution < -0.4 is 10.6 Å². The Morgan fingerprint density at radius 1 is 1.10 bits per heavy atom. The molecule has 0 bridgehead atoms. The van der Waals surface area contributed by atoms with Crippen molar-refractivity contribution in [3.05, 3.63) is 41.1 Å². The van der Waals surface area contributed by atoms with Crippen LogP contribution in [0.25, 0.3) is 10.9 Å². The quantitative estimate of drug-likeness (QED) is 0.793. The summed E-state index contributed by atoms with van der Waals surface area (Å²) in [7, 11) is 0. The summed E-state index contributed by atoms with van der Waals surface area (Å²) < 4.78 is 0. The number of pyridine rings is 1. The first-order valence-electron chi connectivity index (χ1n) is 7.38. The lowest BCUT2D eigenvalue weighted by Gasteiger charge is -2.14. The fourth-order valence-electron chi connectivity index (χ4n) is 2.40. The number of benzene rings is 1. The van der Waals surface area contributed by atoms with Gasteiger partial charge in [0.15, 0.2) is 0 Å². The monoisotopic (exact) mass is 271 g/mol. The molecule has 2 aromatic rings. The van der Waals surface area contributed by atoms with E-state index in [-0.39, 0.29) is 0 Å². The first-order chi connectivity index (χ1) is 9.59. The fraction of sp³-hybridized carbons (Fsp3) is 0.471. The highest BCUT2D eigenvalue weighted by molar-refractivity contribution is 5.83. The van der Waals surface area contributed by atoms with Crippen LogP contribution in [0.2, 0.25) is 0 Å². The normalized spacial score (nSPS) is 11.4. The number of rotatable bonds is 6. The first-order valence-corrected chi connectivity index (χ1v) is 7.38. The smallest absolute Gasteiger partial charge is 0.0708 e. The maximum atomic E-state index is 4.66. The zero-order valence-electron chi connectivity index (χ0n) is 13.0. The van der Waals surface area contributed by atoms with Crippen molar-refractivity contribution in [2.75, 3.05) is 13.1 Å². The topological polar surface area (TPSA) is 37.0 Å². The van der Waals surface area contributed by atoms with Gasteiger partial charge < -0.3 is 10.6 Å². The molecule has 0 unspecified atom stereocenters. The molecule has 0 aliphatic carbocycles. The Kier molecular flexibility index (Phi) is 5.10. The molecule has 3 heteroatoms. The second-order valence-electron chi connectivity index (χ2n) is 5.60. The second kappa shape index (κ2) is 6.82. The van der Waals surface area contributed by atoms with E-state index in [1.54, 1.807) is 0 Å². The van der Waals surface area contributed by atoms with E-state index in [4.69, 9.17) is 0 Å². The van der Waals surface area contributed by atoms with Crippen LogP contribution in [0.5, 0.6) is 0 Å². The average Bonchev–Trinajstić information content (AvgIpc) is 2.42. The Morgan fingerprint density at radius 3 is 2.60 bits per heavy atom. The zero-order valence-corrected chi connectivity index (χ0v) is 13.0. The van der Waals surface area contributed by atoms with Crippen molar-refractivity contribution in [2.45, 2.75) is 40.3 Å². The molecule has 0 aliphatic heterocycles. The molecule has 2 rings (SSSR count). The first kappa shape index (κ1) is 14.9. The van der Waals surface area contributed by atoms with Crippen molar-refractivity contribution in [3.8, 4) is 0 Å². The Balaban J connectivity index is 2.10. The largest absolute Gasteiger partial charge is 0.313 e. The summed E-state index contributed by atoms with van der Waals surface area (Å²) >= 11 is 0. The van der Waals surface area contributed by atoms with Crippen LogP contribution in [0.3, 0.4) is 0 Å². The summed E-state index contributed by atoms with van der Waals surface area (Å²) in [6, 6.07) is 8.93. The Hall–Kier alpha value is -1.45. The average molecular weight is 271 g/mol. The van der Waals surface area contributed by atoms with Gasteiger partial charge in [-0.1, -0.05) is 32.0 Å². The highest BCUT2D eigenvalue weighted by atomic mass is 15.0. The van der Waals surface area contributed by atoms with Crippen molar-refractivity contribution < 1.29 is 0 Å². The summed E-state index contributed by atoms with van der Waals surface area (Å²) in [6.45, 7) is 11.5. The number of hydrogen-bond donors (Lipinski definition) is 2. The van der Waals surface area contributed by atoms with Crippen LogP contribution in [0.15, 0.2) is 24.3 Å². The lowest BCUT2D eigenvalue weighted by Crippen LogP contribution is -2.31. The van der Waals surface area contributed by atoms with Crippen molar-refractivity contribution in [1.82, 2.24) is 15.6 Å². The van der Waals surface area contributed by atoms with Crippen LogP contribution >= 0.6 is 0 Å². The van der Waals surface area contributed by atoms with E-state index in [2.05, 4.69) is 61.5 Å². The predicted octanol–water partition coefficient (Wildman–Crippen LogP) is 2.94. The Morgan fingerprint density at radius 2 is 1.85 bits per heavy atom. The van der Waals surface area contributed by atoms with Gasteiger partial charge in [-0.05, 0) is 31.0 Å². The minimum Gasteiger partial charge on any atom is -0.313 e. The Labute approximate surface area is 121 Å². The van der Waals surface area contributed by atoms with E-state index in [9.17, 15) is 0 Å². The molecule has 0 fully saturated rings. The van der Waals surface area contributed by atoms with E-state index in [0.29, 0.717) is 6.04 Å². The summed E-state index contributed by atoms with van der Waals surface area (Å²) in [5.41, 5.74) is 4.89. The van der Waals surface area contributed by atoms with Gasteiger partial charge in [-0.3, -0.25) is 4.98 Å². The lowest BCUT2D eigenvalue weighted by molar-refractivity contribution is 0.556. The SMILES string of the molecule is Cc1nc2ccccc2c(CNCCNC(C)C)c1C. The minimum absolute atomic E-state index is 0.544. The van der Waals surface area contributed by atoms with Crippen LogP contribution in [0.4, 0.5) is 0 Å². The van der Waals surface area contributed by atoms with Gasteiger partial charge in [0.2, 0.25) is 0 Å². The predicted molar refractivity (Wildman–Crippen MR) is 86.1 cm³/mol. The molecule has 108 valence electrons. The molecule has 0 radical (unpaired) electrons. The molecule has 0 atom stereocenters. The van der Waals surface area contributed by atoms with Crippen molar-refractivity contribution in [2.24, 2.45) is 0 Å². The molecule has 20 heavy (non-hydrogen) atoms. The van der Waals surface area contributed by atoms with Crippen molar-refractivity contribution in [3.63, 3.8) is 0 Å². The molecule has 0 spiro atoms. The second-order valence-corrected chi connectivity index (χ2v) is 5.60. The van der Waals surface area contributed by atoms with Gasteiger partial charge in [-0.25, -0.2) is 0 Å². The highest BCUT2D eigenvalue weighted by Gasteiger charge is 2.08. The highest BCUT2D eigenvalue weighted by Crippen LogP contribution is 2.22. The standard InChI is InChI=1S/C17H25N3/c1-12(2)19-10-9-18-11-16-13(3)14(4)20-17-8-6-5-7-15(16)17/h5-8,12,18-19H,9-11H2,1-4H3. The summed E-state index contributed by atoms with van der Waals surface area (Å²) in [6.07, 6.45) is 0. The number of nitrogens with one attached hydrogen (secondary N) is 2. The molecule has 0 amide bonds. The molecular weight excluding hydrogens is 246 g/mol. The summed E-state index contributed by atoms with van der Waals surface area (Å²) in [5, 5.41) is 8.21. The van der Waals surface area contributed by atoms with Crippen LogP contribution in [0, 0.1) is 13.8 Å². The Bertz CT molecular complexity index is 576. The third-order valence-electron chi connectivity index (χ3n) is 3.67. The molecule has 0 saturated heterocycles. The van der Waals surface area contributed by atoms with Gasteiger partial charge in [0, 0.05) is 36.8 Å². The van der Waals surface area contributed by atoms with Gasteiger partial charge >= 0.3 is 0 Å². The van der Waals surface area contributed by atoms with Crippen molar-refractivity contribution >= 4 is 10.9 Å². The number of nitrogens with zero attached hydrogens (tertiary/aromatic N) is 1. The molecule has 3 nitrogen and oxygen atoms in total. The van der Waals surface area contributed by atoms with Crippen LogP contribution in [-0.2, 0) is 6.54 Å². The minimum atomic E-state index is 0.544. The molecular formula is C17H25N3. The molecule has 1 aromatic carbocycles. The number of aromatic nitrogens is 1. The fourth-order valence-corrected chi connectivity index (χ4v) is 2.40. The number of para-hydroxylation sites is 1. The van der Waals surface area contributed by atoms with E-state index in [0.717, 1.165) is 30.8 Å². The number of hydrogen-bond acceptors (Lipinski definition) is 3. The lowest BCUT2D eigenvalue weighted by atomic mass is 10.0. The summed E-state index contributed by atoms with van der Waals surface area (Å²) in [4.78, 5) is 4.66. The van der Waals surface area contributed by atoms with Gasteiger partial charge in [-0.15, -0.1) is 0 Å². The maximum absolute atomic E-state index is 4.66. The van der Waals surface area contributed by atoms with Crippen molar-refractivity contribution in [1.29, 1.82) is 0 Å². The number of aryl methyl sites for hydroxylation is 1. The van der Waals surface area contributed by atoms with E-state index in [1.807, 2.05) is 6.07 Å². The maximum Gasteiger partial charge on any atom is 0.0708 e. The van der Waals surface area contributed by atoms with E-state index < -0.39 is 0 Å². The van der Waals surface area contributed by atoms with Crippen LogP contribution in [0.1, 0.15) is 30.7 Å². The molecule has 0 saturated carbocycles. The zero-order chi connectivity index (χ0) is 14.5. The van der Waals surface area contributed by atoms with Gasteiger partial charge in [0.1, 0.15) is 0 Å². The van der Waals surface area contributed by atoms with Gasteiger partial charge in [-0.2, -0.15) is 0 Å². The van der Waals surface area contributed by atoms with Crippen LogP contribution in [-0.4, -0.2) is 24.1 Å². The van der Waals surface area contributed by atoms with E-state index >= 15 is 0 Å².